The lowest BCUT2D eigenvalue weighted by Gasteiger charge is -2.30. The van der Waals surface area contributed by atoms with Crippen molar-refractivity contribution in [3.63, 3.8) is 0 Å². The number of fused-ring (bicyclic) bond motifs is 2. The first-order valence-electron chi connectivity index (χ1n) is 9.94. The van der Waals surface area contributed by atoms with Gasteiger partial charge in [-0.15, -0.1) is 0 Å². The van der Waals surface area contributed by atoms with Crippen molar-refractivity contribution in [3.05, 3.63) is 70.9 Å². The van der Waals surface area contributed by atoms with Crippen LogP contribution in [0.4, 0.5) is 0 Å². The Kier molecular flexibility index (Phi) is 5.53. The number of nitrogens with zero attached hydrogens (tertiary/aromatic N) is 3. The third-order valence-electron chi connectivity index (χ3n) is 5.38. The van der Waals surface area contributed by atoms with Crippen LogP contribution in [-0.2, 0) is 20.7 Å². The maximum atomic E-state index is 13.1. The fourth-order valence-electron chi connectivity index (χ4n) is 3.92. The Bertz CT molecular complexity index is 1310. The quantitative estimate of drug-likeness (QED) is 0.361. The number of aromatic amines is 1. The number of aromatic nitrogens is 1. The Morgan fingerprint density at radius 2 is 1.94 bits per heavy atom. The lowest BCUT2D eigenvalue weighted by Crippen LogP contribution is -2.48. The average molecular weight is 418 g/mol. The summed E-state index contributed by atoms with van der Waals surface area (Å²) < 4.78 is 5.08. The topological polar surface area (TPSA) is 107 Å². The predicted octanol–water partition coefficient (Wildman–Crippen LogP) is 1.72. The van der Waals surface area contributed by atoms with Gasteiger partial charge in [0.25, 0.3) is 0 Å². The zero-order valence-corrected chi connectivity index (χ0v) is 17.2. The lowest BCUT2D eigenvalue weighted by atomic mass is 10.0. The van der Waals surface area contributed by atoms with Gasteiger partial charge in [-0.1, -0.05) is 48.5 Å². The molecule has 1 aliphatic heterocycles. The molecule has 0 unspecified atom stereocenters. The van der Waals surface area contributed by atoms with E-state index in [0.29, 0.717) is 16.3 Å². The van der Waals surface area contributed by atoms with Gasteiger partial charge in [0.15, 0.2) is 0 Å². The third-order valence-corrected chi connectivity index (χ3v) is 5.38. The number of esters is 1. The summed E-state index contributed by atoms with van der Waals surface area (Å²) in [6.45, 7) is 1.71. The number of methoxy groups -OCH3 is 1. The van der Waals surface area contributed by atoms with E-state index in [1.165, 1.54) is 12.0 Å². The predicted molar refractivity (Wildman–Crippen MR) is 115 cm³/mol. The van der Waals surface area contributed by atoms with E-state index in [2.05, 4.69) is 15.1 Å². The van der Waals surface area contributed by atoms with E-state index in [-0.39, 0.29) is 24.6 Å². The molecule has 0 fully saturated rings. The Hall–Kier alpha value is -3.94. The standard InChI is InChI=1S/C23H22N4O4/c1-3-20(28)27(21-16-9-5-7-11-18(16)25-22(21)26-30)19(23(29)31-2)12-14-13-24-17-10-6-4-8-15(14)17/h4-11,13,19,24,30H,3,12H2,1-2H3/t19-/m0/s1. The highest BCUT2D eigenvalue weighted by Crippen LogP contribution is 2.24. The molecule has 2 N–H and O–H groups in total. The Labute approximate surface area is 178 Å². The van der Waals surface area contributed by atoms with Crippen molar-refractivity contribution < 1.29 is 19.5 Å². The number of benzene rings is 2. The van der Waals surface area contributed by atoms with Crippen LogP contribution in [0.1, 0.15) is 18.9 Å². The van der Waals surface area contributed by atoms with E-state index in [4.69, 9.17) is 4.74 Å². The molecule has 8 heteroatoms. The van der Waals surface area contributed by atoms with Crippen LogP contribution in [-0.4, -0.2) is 46.0 Å². The van der Waals surface area contributed by atoms with E-state index in [0.717, 1.165) is 16.5 Å². The van der Waals surface area contributed by atoms with Gasteiger partial charge in [-0.05, 0) is 17.7 Å². The monoisotopic (exact) mass is 418 g/mol. The summed E-state index contributed by atoms with van der Waals surface area (Å²) in [5.41, 5.74) is 2.09. The van der Waals surface area contributed by atoms with Gasteiger partial charge >= 0.3 is 5.97 Å². The Morgan fingerprint density at radius 3 is 2.68 bits per heavy atom. The van der Waals surface area contributed by atoms with Gasteiger partial charge in [-0.3, -0.25) is 9.69 Å². The number of hydrogen-bond donors (Lipinski definition) is 2. The van der Waals surface area contributed by atoms with Crippen LogP contribution in [0.3, 0.4) is 0 Å². The number of hydrogen-bond acceptors (Lipinski definition) is 5. The van der Waals surface area contributed by atoms with Crippen molar-refractivity contribution in [1.29, 1.82) is 0 Å². The van der Waals surface area contributed by atoms with E-state index < -0.39 is 12.0 Å². The molecule has 0 aliphatic carbocycles. The highest BCUT2D eigenvalue weighted by molar-refractivity contribution is 6.21. The number of carbonyl (C=O) groups excluding carboxylic acids is 2. The molecule has 1 amide bonds. The fraction of sp³-hybridized carbons (Fsp3) is 0.217. The fourth-order valence-corrected chi connectivity index (χ4v) is 3.92. The van der Waals surface area contributed by atoms with E-state index in [1.54, 1.807) is 31.2 Å². The first kappa shape index (κ1) is 20.3. The third kappa shape index (κ3) is 3.56. The molecule has 1 aliphatic rings. The minimum Gasteiger partial charge on any atom is -0.467 e. The number of ether oxygens (including phenoxy) is 1. The molecule has 4 rings (SSSR count). The highest BCUT2D eigenvalue weighted by Gasteiger charge is 2.37. The number of para-hydroxylation sites is 2. The van der Waals surface area contributed by atoms with Crippen molar-refractivity contribution in [3.8, 4) is 0 Å². The second-order valence-electron chi connectivity index (χ2n) is 7.12. The number of amidine groups is 1. The summed E-state index contributed by atoms with van der Waals surface area (Å²) in [5, 5.41) is 15.0. The van der Waals surface area contributed by atoms with Gasteiger partial charge in [0.2, 0.25) is 11.7 Å². The summed E-state index contributed by atoms with van der Waals surface area (Å²) in [5.74, 6) is -0.893. The summed E-state index contributed by atoms with van der Waals surface area (Å²) >= 11 is 0. The van der Waals surface area contributed by atoms with Crippen molar-refractivity contribution in [2.45, 2.75) is 25.8 Å². The van der Waals surface area contributed by atoms with Gasteiger partial charge in [0, 0.05) is 35.2 Å². The average Bonchev–Trinajstić information content (AvgIpc) is 3.39. The number of rotatable bonds is 6. The molecule has 3 aromatic rings. The zero-order chi connectivity index (χ0) is 22.0. The van der Waals surface area contributed by atoms with Crippen molar-refractivity contribution >= 4 is 34.3 Å². The van der Waals surface area contributed by atoms with Crippen molar-refractivity contribution in [1.82, 2.24) is 9.88 Å². The maximum absolute atomic E-state index is 13.1. The molecule has 8 nitrogen and oxygen atoms in total. The number of amides is 1. The van der Waals surface area contributed by atoms with Gasteiger partial charge < -0.3 is 14.9 Å². The zero-order valence-electron chi connectivity index (χ0n) is 17.2. The number of oxime groups is 1. The molecule has 0 radical (unpaired) electrons. The van der Waals surface area contributed by atoms with Crippen LogP contribution in [0.15, 0.2) is 64.9 Å². The number of carbonyl (C=O) groups is 2. The molecule has 31 heavy (non-hydrogen) atoms. The summed E-state index contributed by atoms with van der Waals surface area (Å²) in [6.07, 6.45) is 2.19. The van der Waals surface area contributed by atoms with E-state index in [9.17, 15) is 14.8 Å². The Balaban J connectivity index is 1.89. The summed E-state index contributed by atoms with van der Waals surface area (Å²) in [7, 11) is 1.29. The van der Waals surface area contributed by atoms with Crippen LogP contribution in [0.2, 0.25) is 0 Å². The molecular weight excluding hydrogens is 396 g/mol. The second kappa shape index (κ2) is 8.43. The van der Waals surface area contributed by atoms with Crippen LogP contribution in [0.5, 0.6) is 0 Å². The normalized spacial score (nSPS) is 14.9. The van der Waals surface area contributed by atoms with Gasteiger partial charge in [0.1, 0.15) is 11.7 Å². The first-order valence-corrected chi connectivity index (χ1v) is 9.94. The largest absolute Gasteiger partial charge is 0.467 e. The van der Waals surface area contributed by atoms with Gasteiger partial charge in [-0.2, -0.15) is 0 Å². The maximum Gasteiger partial charge on any atom is 0.329 e. The minimum atomic E-state index is -0.968. The molecule has 1 aromatic heterocycles. The van der Waals surface area contributed by atoms with Crippen molar-refractivity contribution in [2.24, 2.45) is 10.1 Å². The van der Waals surface area contributed by atoms with Gasteiger partial charge in [-0.25, -0.2) is 9.79 Å². The molecule has 2 aromatic carbocycles. The van der Waals surface area contributed by atoms with Crippen LogP contribution >= 0.6 is 0 Å². The molecule has 1 atom stereocenters. The minimum absolute atomic E-state index is 0.0178. The molecule has 158 valence electrons. The SMILES string of the molecule is CCC(=O)N(C1=c2ccccc2=NC1=NO)[C@@H](Cc1c[nH]c2ccccc12)C(=O)OC. The highest BCUT2D eigenvalue weighted by atomic mass is 16.5. The molecule has 0 saturated heterocycles. The molecule has 2 heterocycles. The second-order valence-corrected chi connectivity index (χ2v) is 7.12. The summed E-state index contributed by atoms with van der Waals surface area (Å²) in [6, 6.07) is 13.9. The number of nitrogens with one attached hydrogen (secondary N) is 1. The number of H-pyrrole nitrogens is 1. The van der Waals surface area contributed by atoms with Crippen molar-refractivity contribution in [2.75, 3.05) is 7.11 Å². The molecule has 0 saturated carbocycles. The van der Waals surface area contributed by atoms with Crippen LogP contribution < -0.4 is 10.6 Å². The lowest BCUT2D eigenvalue weighted by molar-refractivity contribution is -0.150. The van der Waals surface area contributed by atoms with Crippen LogP contribution in [0, 0.1) is 0 Å². The smallest absolute Gasteiger partial charge is 0.329 e. The molecule has 0 bridgehead atoms. The first-order chi connectivity index (χ1) is 15.1. The molecular formula is C23H22N4O4. The van der Waals surface area contributed by atoms with E-state index >= 15 is 0 Å². The van der Waals surface area contributed by atoms with Crippen LogP contribution in [0.25, 0.3) is 16.6 Å². The Morgan fingerprint density at radius 1 is 1.19 bits per heavy atom. The summed E-state index contributed by atoms with van der Waals surface area (Å²) in [4.78, 5) is 34.9. The molecule has 0 spiro atoms. The van der Waals surface area contributed by atoms with E-state index in [1.807, 2.05) is 30.5 Å². The van der Waals surface area contributed by atoms with Gasteiger partial charge in [0.05, 0.1) is 12.5 Å².